The van der Waals surface area contributed by atoms with E-state index in [-0.39, 0.29) is 16.9 Å². The predicted molar refractivity (Wildman–Crippen MR) is 175 cm³/mol. The molecule has 8 nitrogen and oxygen atoms in total. The van der Waals surface area contributed by atoms with Crippen LogP contribution in [0.4, 0.5) is 27.6 Å². The Morgan fingerprint density at radius 2 is 1.77 bits per heavy atom. The Bertz CT molecular complexity index is 1790. The minimum absolute atomic E-state index is 0.0387. The largest absolute Gasteiger partial charge is 0.499 e. The summed E-state index contributed by atoms with van der Waals surface area (Å²) in [5.74, 6) is 0.220. The highest BCUT2D eigenvalue weighted by atomic mass is 32.2. The Kier molecular flexibility index (Phi) is 9.96. The first-order valence-electron chi connectivity index (χ1n) is 14.4. The molecular weight excluding hydrogens is 660 g/mol. The van der Waals surface area contributed by atoms with Crippen LogP contribution >= 0.6 is 24.0 Å². The maximum absolute atomic E-state index is 13.2. The molecule has 0 atom stereocenters. The number of aryl methyl sites for hydroxylation is 1. The molecule has 1 aliphatic heterocycles. The van der Waals surface area contributed by atoms with Crippen LogP contribution in [0.5, 0.6) is 5.75 Å². The molecule has 0 saturated carbocycles. The molecule has 1 fully saturated rings. The summed E-state index contributed by atoms with van der Waals surface area (Å²) >= 11 is 6.83. The van der Waals surface area contributed by atoms with Gasteiger partial charge in [-0.3, -0.25) is 9.69 Å². The molecule has 1 amide bonds. The summed E-state index contributed by atoms with van der Waals surface area (Å²) in [5, 5.41) is 8.35. The number of amides is 1. The Labute approximate surface area is 277 Å². The number of thiocarbonyl (C=S) groups is 1. The number of thioether (sulfide) groups is 1. The molecule has 4 aromatic rings. The molecule has 47 heavy (non-hydrogen) atoms. The van der Waals surface area contributed by atoms with E-state index >= 15 is 0 Å². The first-order valence-corrected chi connectivity index (χ1v) is 15.8. The molecule has 5 rings (SSSR count). The van der Waals surface area contributed by atoms with Crippen LogP contribution in [-0.4, -0.2) is 55.5 Å². The van der Waals surface area contributed by atoms with Gasteiger partial charge in [0.05, 0.1) is 17.1 Å². The van der Waals surface area contributed by atoms with Crippen LogP contribution in [0.3, 0.4) is 0 Å². The number of ether oxygens (including phenoxy) is 1. The minimum Gasteiger partial charge on any atom is -0.426 e. The third kappa shape index (κ3) is 7.96. The molecule has 3 aromatic carbocycles. The molecule has 0 aliphatic carbocycles. The fraction of sp³-hybridized carbons (Fsp3) is 0.281. The summed E-state index contributed by atoms with van der Waals surface area (Å²) in [7, 11) is 0. The van der Waals surface area contributed by atoms with Crippen molar-refractivity contribution in [3.8, 4) is 22.8 Å². The van der Waals surface area contributed by atoms with Gasteiger partial charge in [0, 0.05) is 12.1 Å². The highest BCUT2D eigenvalue weighted by molar-refractivity contribution is 8.15. The fourth-order valence-corrected chi connectivity index (χ4v) is 5.78. The Balaban J connectivity index is 1.17. The van der Waals surface area contributed by atoms with Crippen LogP contribution in [0.1, 0.15) is 36.5 Å². The number of benzene rings is 3. The number of anilines is 1. The number of rotatable bonds is 9. The molecule has 0 unspecified atom stereocenters. The molecule has 0 radical (unpaired) electrons. The van der Waals surface area contributed by atoms with E-state index in [0.29, 0.717) is 41.0 Å². The van der Waals surface area contributed by atoms with Gasteiger partial charge in [0.15, 0.2) is 16.1 Å². The van der Waals surface area contributed by atoms with E-state index in [9.17, 15) is 26.7 Å². The number of alkyl halides is 5. The maximum Gasteiger partial charge on any atom is 0.499 e. The van der Waals surface area contributed by atoms with Gasteiger partial charge in [0.2, 0.25) is 5.91 Å². The van der Waals surface area contributed by atoms with Gasteiger partial charge >= 0.3 is 12.3 Å². The van der Waals surface area contributed by atoms with Crippen molar-refractivity contribution >= 4 is 45.9 Å². The number of nitrogens with one attached hydrogen (secondary N) is 1. The number of aliphatic imine (C=N–C) groups is 1. The summed E-state index contributed by atoms with van der Waals surface area (Å²) in [6.07, 6.45) is -9.11. The lowest BCUT2D eigenvalue weighted by Crippen LogP contribution is -2.41. The number of aromatic nitrogens is 3. The summed E-state index contributed by atoms with van der Waals surface area (Å²) in [5.41, 5.74) is 5.05. The first-order chi connectivity index (χ1) is 22.2. The summed E-state index contributed by atoms with van der Waals surface area (Å²) < 4.78 is 68.7. The lowest BCUT2D eigenvalue weighted by Gasteiger charge is -2.22. The van der Waals surface area contributed by atoms with Crippen LogP contribution in [-0.2, 0) is 11.2 Å². The van der Waals surface area contributed by atoms with Crippen molar-refractivity contribution in [2.45, 2.75) is 45.4 Å². The molecular formula is C32H29F5N6O2S2. The zero-order valence-corrected chi connectivity index (χ0v) is 27.0. The summed E-state index contributed by atoms with van der Waals surface area (Å²) in [6.45, 7) is 6.67. The van der Waals surface area contributed by atoms with Gasteiger partial charge in [-0.2, -0.15) is 26.9 Å². The van der Waals surface area contributed by atoms with Gasteiger partial charge in [-0.1, -0.05) is 62.0 Å². The third-order valence-electron chi connectivity index (χ3n) is 7.08. The van der Waals surface area contributed by atoms with Crippen molar-refractivity contribution in [1.29, 1.82) is 0 Å². The lowest BCUT2D eigenvalue weighted by atomic mass is 9.99. The summed E-state index contributed by atoms with van der Waals surface area (Å²) in [4.78, 5) is 23.3. The van der Waals surface area contributed by atoms with Gasteiger partial charge in [0.1, 0.15) is 12.1 Å². The molecule has 2 heterocycles. The smallest absolute Gasteiger partial charge is 0.426 e. The second kappa shape index (κ2) is 13.8. The average molecular weight is 689 g/mol. The Morgan fingerprint density at radius 3 is 2.43 bits per heavy atom. The average Bonchev–Trinajstić information content (AvgIpc) is 3.64. The van der Waals surface area contributed by atoms with Crippen molar-refractivity contribution in [3.63, 3.8) is 0 Å². The molecule has 15 heteroatoms. The number of hydrogen-bond donors (Lipinski definition) is 1. The van der Waals surface area contributed by atoms with Gasteiger partial charge in [-0.05, 0) is 78.5 Å². The number of halogens is 5. The molecule has 1 saturated heterocycles. The molecule has 1 N–H and O–H groups in total. The van der Waals surface area contributed by atoms with Gasteiger partial charge in [-0.15, -0.1) is 5.10 Å². The Hall–Kier alpha value is -4.37. The van der Waals surface area contributed by atoms with E-state index in [4.69, 9.17) is 12.2 Å². The quantitative estimate of drug-likeness (QED) is 0.145. The number of carbonyl (C=O) groups is 1. The van der Waals surface area contributed by atoms with Crippen LogP contribution < -0.4 is 15.0 Å². The summed E-state index contributed by atoms with van der Waals surface area (Å²) in [6, 6.07) is 18.2. The van der Waals surface area contributed by atoms with Crippen molar-refractivity contribution in [2.75, 3.05) is 17.2 Å². The third-order valence-corrected chi connectivity index (χ3v) is 8.24. The van der Waals surface area contributed by atoms with Gasteiger partial charge < -0.3 is 10.1 Å². The second-order valence-corrected chi connectivity index (χ2v) is 12.3. The molecule has 1 aliphatic rings. The van der Waals surface area contributed by atoms with Crippen molar-refractivity contribution in [1.82, 2.24) is 20.1 Å². The van der Waals surface area contributed by atoms with Crippen LogP contribution in [0.15, 0.2) is 78.0 Å². The van der Waals surface area contributed by atoms with E-state index in [1.807, 2.05) is 49.4 Å². The number of hydrogen-bond acceptors (Lipinski definition) is 6. The second-order valence-electron chi connectivity index (χ2n) is 10.9. The number of amidine groups is 1. The van der Waals surface area contributed by atoms with Crippen LogP contribution in [0, 0.1) is 6.92 Å². The molecule has 1 aromatic heterocycles. The van der Waals surface area contributed by atoms with Gasteiger partial charge in [0.25, 0.3) is 0 Å². The van der Waals surface area contributed by atoms with E-state index in [1.165, 1.54) is 34.9 Å². The van der Waals surface area contributed by atoms with Crippen LogP contribution in [0.2, 0.25) is 0 Å². The molecule has 0 bridgehead atoms. The lowest BCUT2D eigenvalue weighted by molar-refractivity contribution is -0.360. The highest BCUT2D eigenvalue weighted by Crippen LogP contribution is 2.37. The van der Waals surface area contributed by atoms with Crippen molar-refractivity contribution in [2.24, 2.45) is 4.99 Å². The predicted octanol–water partition coefficient (Wildman–Crippen LogP) is 7.45. The van der Waals surface area contributed by atoms with E-state index < -0.39 is 18.0 Å². The van der Waals surface area contributed by atoms with Crippen molar-refractivity contribution < 1.29 is 31.5 Å². The SMILES string of the molecule is Cc1ccc(C(C)C)c(N2C(=O)CS/C2=N\C(=S)NCCc2ccc(-c3ncn(-c4ccc(OC(F)(F)C(F)(F)F)cc4)n3)cc2)c1. The standard InChI is InChI=1S/C32H29F5N6O2S2/c1-19(2)25-13-4-20(3)16-26(25)43-27(44)17-47-30(43)40-29(46)38-15-14-21-5-7-22(8-6-21)28-39-18-42(41-28)23-9-11-24(12-10-23)45-32(36,37)31(33,34)35/h4-13,16,18-19H,14-15,17H2,1-3H3,(H,38,46)/b40-30-. The number of carbonyl (C=O) groups excluding carboxylic acids is 1. The Morgan fingerprint density at radius 1 is 1.06 bits per heavy atom. The topological polar surface area (TPSA) is 84.6 Å². The van der Waals surface area contributed by atoms with E-state index in [2.05, 4.69) is 39.0 Å². The maximum atomic E-state index is 13.2. The zero-order chi connectivity index (χ0) is 33.9. The fourth-order valence-electron chi connectivity index (χ4n) is 4.67. The van der Waals surface area contributed by atoms with Crippen LogP contribution in [0.25, 0.3) is 17.1 Å². The highest BCUT2D eigenvalue weighted by Gasteiger charge is 2.61. The van der Waals surface area contributed by atoms with E-state index in [1.54, 1.807) is 4.90 Å². The normalized spacial score (nSPS) is 14.7. The van der Waals surface area contributed by atoms with Gasteiger partial charge in [-0.25, -0.2) is 9.67 Å². The first kappa shape index (κ1) is 34.0. The minimum atomic E-state index is -5.83. The zero-order valence-electron chi connectivity index (χ0n) is 25.4. The molecule has 246 valence electrons. The number of nitrogens with zero attached hydrogens (tertiary/aromatic N) is 5. The molecule has 0 spiro atoms. The van der Waals surface area contributed by atoms with Crippen molar-refractivity contribution in [3.05, 3.63) is 89.7 Å². The monoisotopic (exact) mass is 688 g/mol. The van der Waals surface area contributed by atoms with E-state index in [0.717, 1.165) is 34.5 Å².